The minimum absolute atomic E-state index is 0.318. The topological polar surface area (TPSA) is 35.5 Å². The molecule has 0 radical (unpaired) electrons. The van der Waals surface area contributed by atoms with Gasteiger partial charge in [0, 0.05) is 18.8 Å². The number of hydrogen-bond acceptors (Lipinski definition) is 3. The molecule has 15 heavy (non-hydrogen) atoms. The highest BCUT2D eigenvalue weighted by Gasteiger charge is 2.51. The molecule has 0 aromatic heterocycles. The summed E-state index contributed by atoms with van der Waals surface area (Å²) >= 11 is 0. The second-order valence-electron chi connectivity index (χ2n) is 4.88. The minimum atomic E-state index is -0.318. The first-order valence-corrected chi connectivity index (χ1v) is 5.91. The monoisotopic (exact) mass is 212 g/mol. The van der Waals surface area contributed by atoms with Gasteiger partial charge in [-0.3, -0.25) is 0 Å². The van der Waals surface area contributed by atoms with Gasteiger partial charge >= 0.3 is 0 Å². The Morgan fingerprint density at radius 3 is 2.73 bits per heavy atom. The van der Waals surface area contributed by atoms with Crippen molar-refractivity contribution in [2.75, 3.05) is 13.2 Å². The van der Waals surface area contributed by atoms with Crippen molar-refractivity contribution >= 4 is 6.29 Å². The van der Waals surface area contributed by atoms with Gasteiger partial charge < -0.3 is 14.3 Å². The molecule has 3 atom stereocenters. The van der Waals surface area contributed by atoms with Gasteiger partial charge in [-0.2, -0.15) is 0 Å². The number of carbonyl (C=O) groups excluding carboxylic acids is 1. The lowest BCUT2D eigenvalue weighted by atomic mass is 9.83. The number of ether oxygens (including phenoxy) is 2. The van der Waals surface area contributed by atoms with Gasteiger partial charge in [0.25, 0.3) is 0 Å². The average molecular weight is 212 g/mol. The van der Waals surface area contributed by atoms with Crippen molar-refractivity contribution in [2.24, 2.45) is 17.8 Å². The molecule has 3 heteroatoms. The second kappa shape index (κ2) is 4.22. The van der Waals surface area contributed by atoms with Crippen LogP contribution < -0.4 is 0 Å². The van der Waals surface area contributed by atoms with E-state index in [2.05, 4.69) is 13.8 Å². The molecule has 0 aromatic rings. The van der Waals surface area contributed by atoms with Crippen LogP contribution in [0.5, 0.6) is 0 Å². The van der Waals surface area contributed by atoms with Gasteiger partial charge in [-0.1, -0.05) is 13.8 Å². The molecule has 1 saturated heterocycles. The highest BCUT2D eigenvalue weighted by atomic mass is 16.7. The normalized spacial score (nSPS) is 35.9. The summed E-state index contributed by atoms with van der Waals surface area (Å²) in [4.78, 5) is 10.5. The minimum Gasteiger partial charge on any atom is -0.347 e. The molecule has 0 unspecified atom stereocenters. The lowest BCUT2D eigenvalue weighted by Crippen LogP contribution is -2.36. The number of aldehydes is 1. The smallest absolute Gasteiger partial charge is 0.171 e. The molecule has 0 aromatic carbocycles. The van der Waals surface area contributed by atoms with E-state index in [1.807, 2.05) is 0 Å². The zero-order valence-corrected chi connectivity index (χ0v) is 9.57. The summed E-state index contributed by atoms with van der Waals surface area (Å²) < 4.78 is 11.5. The lowest BCUT2D eigenvalue weighted by Gasteiger charge is -2.31. The van der Waals surface area contributed by atoms with E-state index in [4.69, 9.17) is 9.47 Å². The van der Waals surface area contributed by atoms with Crippen LogP contribution in [0.1, 0.15) is 33.1 Å². The molecule has 1 heterocycles. The Morgan fingerprint density at radius 2 is 2.13 bits per heavy atom. The lowest BCUT2D eigenvalue weighted by molar-refractivity contribution is -0.183. The molecule has 2 rings (SSSR count). The van der Waals surface area contributed by atoms with Crippen molar-refractivity contribution in [3.05, 3.63) is 0 Å². The molecule has 2 fully saturated rings. The van der Waals surface area contributed by atoms with Crippen molar-refractivity contribution in [1.82, 2.24) is 0 Å². The van der Waals surface area contributed by atoms with Crippen molar-refractivity contribution < 1.29 is 14.3 Å². The Bertz CT molecular complexity index is 233. The fraction of sp³-hybridized carbons (Fsp3) is 0.917. The van der Waals surface area contributed by atoms with Crippen molar-refractivity contribution in [1.29, 1.82) is 0 Å². The highest BCUT2D eigenvalue weighted by molar-refractivity contribution is 5.49. The molecule has 0 bridgehead atoms. The maximum absolute atomic E-state index is 10.5. The Morgan fingerprint density at radius 1 is 1.47 bits per heavy atom. The van der Waals surface area contributed by atoms with Gasteiger partial charge in [0.1, 0.15) is 6.29 Å². The molecular formula is C12H20O3. The van der Waals surface area contributed by atoms with E-state index in [9.17, 15) is 4.79 Å². The predicted octanol–water partition coefficient (Wildman–Crippen LogP) is 2.00. The first-order chi connectivity index (χ1) is 7.19. The summed E-state index contributed by atoms with van der Waals surface area (Å²) in [5.74, 6) is 1.11. The third kappa shape index (κ3) is 1.83. The molecule has 1 spiro atoms. The molecule has 1 aliphatic carbocycles. The van der Waals surface area contributed by atoms with E-state index in [0.29, 0.717) is 24.2 Å². The molecular weight excluding hydrogens is 192 g/mol. The van der Waals surface area contributed by atoms with Crippen LogP contribution in [-0.2, 0) is 14.3 Å². The summed E-state index contributed by atoms with van der Waals surface area (Å²) in [7, 11) is 0. The average Bonchev–Trinajstić information content (AvgIpc) is 2.79. The maximum Gasteiger partial charge on any atom is 0.171 e. The maximum atomic E-state index is 10.5. The van der Waals surface area contributed by atoms with E-state index in [-0.39, 0.29) is 5.79 Å². The molecule has 86 valence electrons. The van der Waals surface area contributed by atoms with Crippen LogP contribution in [0.3, 0.4) is 0 Å². The van der Waals surface area contributed by atoms with Gasteiger partial charge in [0.15, 0.2) is 5.79 Å². The molecule has 0 N–H and O–H groups in total. The summed E-state index contributed by atoms with van der Waals surface area (Å²) in [5, 5.41) is 0. The standard InChI is InChI=1S/C12H20O3/c1-9(4-6-13)11-3-5-12(10(11)2)14-7-8-15-12/h6,9-11H,3-5,7-8H2,1-2H3/t9-,10-,11-/m1/s1. The quantitative estimate of drug-likeness (QED) is 0.671. The number of carbonyl (C=O) groups is 1. The number of hydrogen-bond donors (Lipinski definition) is 0. The Labute approximate surface area is 91.1 Å². The molecule has 2 aliphatic rings. The Hall–Kier alpha value is -0.410. The molecule has 0 amide bonds. The summed E-state index contributed by atoms with van der Waals surface area (Å²) in [6, 6.07) is 0. The van der Waals surface area contributed by atoms with E-state index < -0.39 is 0 Å². The summed E-state index contributed by atoms with van der Waals surface area (Å²) in [5.41, 5.74) is 0. The summed E-state index contributed by atoms with van der Waals surface area (Å²) in [6.45, 7) is 5.80. The molecule has 1 aliphatic heterocycles. The van der Waals surface area contributed by atoms with Gasteiger partial charge in [-0.25, -0.2) is 0 Å². The molecule has 1 saturated carbocycles. The van der Waals surface area contributed by atoms with Crippen LogP contribution in [0.15, 0.2) is 0 Å². The Kier molecular flexibility index (Phi) is 3.12. The van der Waals surface area contributed by atoms with Crippen LogP contribution in [-0.4, -0.2) is 25.3 Å². The van der Waals surface area contributed by atoms with Crippen molar-refractivity contribution in [3.63, 3.8) is 0 Å². The van der Waals surface area contributed by atoms with Crippen LogP contribution in [0, 0.1) is 17.8 Å². The van der Waals surface area contributed by atoms with Gasteiger partial charge in [-0.05, 0) is 18.3 Å². The SMILES string of the molecule is C[C@H](CC=O)[C@H]1CCC2(OCCO2)[C@@H]1C. The number of rotatable bonds is 3. The van der Waals surface area contributed by atoms with Gasteiger partial charge in [0.2, 0.25) is 0 Å². The van der Waals surface area contributed by atoms with Crippen LogP contribution in [0.2, 0.25) is 0 Å². The highest BCUT2D eigenvalue weighted by Crippen LogP contribution is 2.48. The van der Waals surface area contributed by atoms with E-state index >= 15 is 0 Å². The third-order valence-corrected chi connectivity index (χ3v) is 4.14. The van der Waals surface area contributed by atoms with Crippen LogP contribution in [0.25, 0.3) is 0 Å². The first-order valence-electron chi connectivity index (χ1n) is 5.91. The van der Waals surface area contributed by atoms with Crippen molar-refractivity contribution in [3.8, 4) is 0 Å². The van der Waals surface area contributed by atoms with Gasteiger partial charge in [-0.15, -0.1) is 0 Å². The zero-order valence-electron chi connectivity index (χ0n) is 9.57. The predicted molar refractivity (Wildman–Crippen MR) is 56.4 cm³/mol. The van der Waals surface area contributed by atoms with E-state index in [1.165, 1.54) is 0 Å². The van der Waals surface area contributed by atoms with Crippen LogP contribution >= 0.6 is 0 Å². The molecule has 3 nitrogen and oxygen atoms in total. The second-order valence-corrected chi connectivity index (χ2v) is 4.88. The Balaban J connectivity index is 2.02. The van der Waals surface area contributed by atoms with Gasteiger partial charge in [0.05, 0.1) is 13.2 Å². The van der Waals surface area contributed by atoms with Crippen LogP contribution in [0.4, 0.5) is 0 Å². The zero-order chi connectivity index (χ0) is 10.9. The summed E-state index contributed by atoms with van der Waals surface area (Å²) in [6.07, 6.45) is 3.79. The van der Waals surface area contributed by atoms with E-state index in [1.54, 1.807) is 0 Å². The fourth-order valence-corrected chi connectivity index (χ4v) is 3.15. The van der Waals surface area contributed by atoms with E-state index in [0.717, 1.165) is 32.3 Å². The fourth-order valence-electron chi connectivity index (χ4n) is 3.15. The largest absolute Gasteiger partial charge is 0.347 e. The van der Waals surface area contributed by atoms with Crippen molar-refractivity contribution in [2.45, 2.75) is 38.9 Å². The first kappa shape index (κ1) is 11.1. The third-order valence-electron chi connectivity index (χ3n) is 4.14.